The Hall–Kier alpha value is -2.82. The fourth-order valence-electron chi connectivity index (χ4n) is 1.68. The smallest absolute Gasteiger partial charge is 0.307 e. The second-order valence-corrected chi connectivity index (χ2v) is 4.07. The highest BCUT2D eigenvalue weighted by atomic mass is 16.4. The Balaban J connectivity index is 2.06. The molecule has 1 heterocycles. The van der Waals surface area contributed by atoms with Crippen LogP contribution in [0.1, 0.15) is 11.3 Å². The van der Waals surface area contributed by atoms with Crippen LogP contribution in [0.3, 0.4) is 0 Å². The summed E-state index contributed by atoms with van der Waals surface area (Å²) < 4.78 is 5.07. The first-order chi connectivity index (χ1) is 9.65. The van der Waals surface area contributed by atoms with Crippen LogP contribution in [-0.2, 0) is 16.0 Å². The molecule has 1 amide bonds. The van der Waals surface area contributed by atoms with Gasteiger partial charge in [-0.3, -0.25) is 9.59 Å². The molecule has 0 aliphatic rings. The average Bonchev–Trinajstić information content (AvgIpc) is 2.91. The normalized spacial score (nSPS) is 10.6. The molecule has 0 unspecified atom stereocenters. The summed E-state index contributed by atoms with van der Waals surface area (Å²) in [5.41, 5.74) is 1.05. The van der Waals surface area contributed by atoms with E-state index in [-0.39, 0.29) is 12.3 Å². The molecule has 0 bridgehead atoms. The van der Waals surface area contributed by atoms with Crippen molar-refractivity contribution in [3.05, 3.63) is 60.1 Å². The van der Waals surface area contributed by atoms with Gasteiger partial charge in [0.15, 0.2) is 0 Å². The molecular weight excluding hydrogens is 258 g/mol. The lowest BCUT2D eigenvalue weighted by molar-refractivity contribution is -0.136. The van der Waals surface area contributed by atoms with Crippen molar-refractivity contribution in [2.24, 2.45) is 0 Å². The number of rotatable bonds is 5. The molecule has 0 fully saturated rings. The van der Waals surface area contributed by atoms with E-state index in [9.17, 15) is 9.59 Å². The van der Waals surface area contributed by atoms with Gasteiger partial charge in [0.25, 0.3) is 0 Å². The van der Waals surface area contributed by atoms with E-state index in [2.05, 4.69) is 5.32 Å². The molecule has 5 heteroatoms. The number of aliphatic carboxylic acids is 1. The second-order valence-electron chi connectivity index (χ2n) is 4.07. The molecule has 1 aromatic carbocycles. The molecule has 20 heavy (non-hydrogen) atoms. The summed E-state index contributed by atoms with van der Waals surface area (Å²) in [5.74, 6) is -0.726. The molecule has 0 radical (unpaired) electrons. The second kappa shape index (κ2) is 6.38. The zero-order valence-corrected chi connectivity index (χ0v) is 10.6. The van der Waals surface area contributed by atoms with Gasteiger partial charge in [0, 0.05) is 11.8 Å². The third-order valence-electron chi connectivity index (χ3n) is 2.56. The number of para-hydroxylation sites is 1. The highest BCUT2D eigenvalue weighted by Gasteiger charge is 2.07. The molecule has 2 aromatic rings. The monoisotopic (exact) mass is 271 g/mol. The van der Waals surface area contributed by atoms with Crippen molar-refractivity contribution in [1.82, 2.24) is 0 Å². The molecule has 0 atom stereocenters. The van der Waals surface area contributed by atoms with Gasteiger partial charge in [-0.1, -0.05) is 18.2 Å². The number of hydrogen-bond acceptors (Lipinski definition) is 3. The van der Waals surface area contributed by atoms with Crippen molar-refractivity contribution in [3.8, 4) is 0 Å². The van der Waals surface area contributed by atoms with Crippen molar-refractivity contribution in [1.29, 1.82) is 0 Å². The molecule has 0 spiro atoms. The Morgan fingerprint density at radius 2 is 2.00 bits per heavy atom. The van der Waals surface area contributed by atoms with Gasteiger partial charge >= 0.3 is 5.97 Å². The third kappa shape index (κ3) is 3.84. The van der Waals surface area contributed by atoms with Crippen LogP contribution in [-0.4, -0.2) is 17.0 Å². The number of amides is 1. The van der Waals surface area contributed by atoms with Crippen molar-refractivity contribution in [3.63, 3.8) is 0 Å². The number of carboxylic acids is 1. The first-order valence-electron chi connectivity index (χ1n) is 5.97. The minimum atomic E-state index is -0.946. The highest BCUT2D eigenvalue weighted by molar-refractivity contribution is 6.02. The van der Waals surface area contributed by atoms with E-state index in [4.69, 9.17) is 9.52 Å². The summed E-state index contributed by atoms with van der Waals surface area (Å²) in [4.78, 5) is 22.5. The van der Waals surface area contributed by atoms with Crippen molar-refractivity contribution in [2.75, 3.05) is 5.32 Å². The van der Waals surface area contributed by atoms with Gasteiger partial charge in [0.2, 0.25) is 5.91 Å². The number of hydrogen-bond donors (Lipinski definition) is 2. The minimum Gasteiger partial charge on any atom is -0.481 e. The van der Waals surface area contributed by atoms with E-state index in [1.165, 1.54) is 18.4 Å². The molecule has 1 aromatic heterocycles. The van der Waals surface area contributed by atoms with Crippen LogP contribution in [0.5, 0.6) is 0 Å². The highest BCUT2D eigenvalue weighted by Crippen LogP contribution is 2.16. The maximum absolute atomic E-state index is 11.8. The maximum Gasteiger partial charge on any atom is 0.307 e. The average molecular weight is 271 g/mol. The molecule has 0 saturated heterocycles. The van der Waals surface area contributed by atoms with Gasteiger partial charge in [0.05, 0.1) is 12.7 Å². The van der Waals surface area contributed by atoms with Gasteiger partial charge in [0.1, 0.15) is 5.76 Å². The van der Waals surface area contributed by atoms with Crippen LogP contribution < -0.4 is 5.32 Å². The molecule has 102 valence electrons. The summed E-state index contributed by atoms with van der Waals surface area (Å²) in [5, 5.41) is 11.5. The largest absolute Gasteiger partial charge is 0.481 e. The Morgan fingerprint density at radius 1 is 1.20 bits per heavy atom. The van der Waals surface area contributed by atoms with Crippen molar-refractivity contribution in [2.45, 2.75) is 6.42 Å². The van der Waals surface area contributed by atoms with E-state index in [1.54, 1.807) is 36.4 Å². The zero-order valence-electron chi connectivity index (χ0n) is 10.6. The topological polar surface area (TPSA) is 79.5 Å². The number of carboxylic acid groups (broad SMARTS) is 1. The number of carbonyl (C=O) groups excluding carboxylic acids is 1. The van der Waals surface area contributed by atoms with E-state index in [1.807, 2.05) is 0 Å². The fourth-order valence-corrected chi connectivity index (χ4v) is 1.68. The lowest BCUT2D eigenvalue weighted by Crippen LogP contribution is -2.11. The number of benzene rings is 1. The summed E-state index contributed by atoms with van der Waals surface area (Å²) >= 11 is 0. The zero-order chi connectivity index (χ0) is 14.4. The predicted molar refractivity (Wildman–Crippen MR) is 74.2 cm³/mol. The fraction of sp³-hybridized carbons (Fsp3) is 0.0667. The number of carbonyl (C=O) groups is 2. The van der Waals surface area contributed by atoms with Gasteiger partial charge in [-0.25, -0.2) is 0 Å². The van der Waals surface area contributed by atoms with E-state index in [0.717, 1.165) is 0 Å². The van der Waals surface area contributed by atoms with Gasteiger partial charge < -0.3 is 14.8 Å². The van der Waals surface area contributed by atoms with Crippen molar-refractivity contribution >= 4 is 23.6 Å². The van der Waals surface area contributed by atoms with E-state index >= 15 is 0 Å². The predicted octanol–water partition coefficient (Wildman–Crippen LogP) is 2.56. The summed E-state index contributed by atoms with van der Waals surface area (Å²) in [6.07, 6.45) is 4.24. The molecule has 2 rings (SSSR count). The Kier molecular flexibility index (Phi) is 4.34. The van der Waals surface area contributed by atoms with Crippen LogP contribution >= 0.6 is 0 Å². The quantitative estimate of drug-likeness (QED) is 0.819. The number of nitrogens with one attached hydrogen (secondary N) is 1. The molecule has 0 aliphatic heterocycles. The van der Waals surface area contributed by atoms with E-state index < -0.39 is 5.97 Å². The molecule has 0 saturated carbocycles. The van der Waals surface area contributed by atoms with Gasteiger partial charge in [-0.05, 0) is 29.8 Å². The lowest BCUT2D eigenvalue weighted by atomic mass is 10.1. The molecule has 0 aliphatic carbocycles. The lowest BCUT2D eigenvalue weighted by Gasteiger charge is -2.07. The minimum absolute atomic E-state index is 0.141. The first-order valence-corrected chi connectivity index (χ1v) is 5.97. The van der Waals surface area contributed by atoms with Gasteiger partial charge in [-0.15, -0.1) is 0 Å². The van der Waals surface area contributed by atoms with Crippen molar-refractivity contribution < 1.29 is 19.1 Å². The SMILES string of the molecule is O=C(O)Cc1ccccc1NC(=O)C=Cc1ccco1. The number of furan rings is 1. The Bertz CT molecular complexity index is 629. The van der Waals surface area contributed by atoms with E-state index in [0.29, 0.717) is 17.0 Å². The summed E-state index contributed by atoms with van der Waals surface area (Å²) in [6.45, 7) is 0. The Morgan fingerprint density at radius 3 is 2.70 bits per heavy atom. The van der Waals surface area contributed by atoms with Crippen LogP contribution in [0.2, 0.25) is 0 Å². The van der Waals surface area contributed by atoms with Gasteiger partial charge in [-0.2, -0.15) is 0 Å². The standard InChI is InChI=1S/C15H13NO4/c17-14(8-7-12-5-3-9-20-12)16-13-6-2-1-4-11(13)10-15(18)19/h1-9H,10H2,(H,16,17)(H,18,19). The maximum atomic E-state index is 11.8. The number of anilines is 1. The van der Waals surface area contributed by atoms with Crippen LogP contribution in [0, 0.1) is 0 Å². The Labute approximate surface area is 115 Å². The third-order valence-corrected chi connectivity index (χ3v) is 2.56. The van der Waals surface area contributed by atoms with Crippen LogP contribution in [0.15, 0.2) is 53.2 Å². The first kappa shape index (κ1) is 13.6. The molecule has 5 nitrogen and oxygen atoms in total. The molecule has 2 N–H and O–H groups in total. The van der Waals surface area contributed by atoms with Crippen LogP contribution in [0.4, 0.5) is 5.69 Å². The summed E-state index contributed by atoms with van der Waals surface area (Å²) in [6, 6.07) is 10.2. The summed E-state index contributed by atoms with van der Waals surface area (Å²) in [7, 11) is 0. The van der Waals surface area contributed by atoms with Crippen LogP contribution in [0.25, 0.3) is 6.08 Å². The molecular formula is C15H13NO4.